The lowest BCUT2D eigenvalue weighted by atomic mass is 10.2. The first-order chi connectivity index (χ1) is 10.2. The predicted octanol–water partition coefficient (Wildman–Crippen LogP) is 1.92. The van der Waals surface area contributed by atoms with E-state index in [4.69, 9.17) is 0 Å². The normalized spacial score (nSPS) is 21.6. The molecular formula is C15H19N3O2S. The fourth-order valence-corrected chi connectivity index (χ4v) is 4.01. The van der Waals surface area contributed by atoms with E-state index in [0.717, 1.165) is 36.6 Å². The Balaban J connectivity index is 1.77. The molecule has 0 bridgehead atoms. The first kappa shape index (κ1) is 14.4. The molecule has 0 aliphatic carbocycles. The number of thioether (sulfide) groups is 1. The molecule has 2 amide bonds. The zero-order valence-corrected chi connectivity index (χ0v) is 12.9. The van der Waals surface area contributed by atoms with E-state index >= 15 is 0 Å². The predicted molar refractivity (Wildman–Crippen MR) is 82.3 cm³/mol. The summed E-state index contributed by atoms with van der Waals surface area (Å²) in [6.45, 7) is 4.21. The second-order valence-corrected chi connectivity index (χ2v) is 6.50. The van der Waals surface area contributed by atoms with Gasteiger partial charge in [-0.15, -0.1) is 0 Å². The highest BCUT2D eigenvalue weighted by atomic mass is 32.2. The SMILES string of the molecule is CCN1C(=O)[C@H](CC(=O)N2CCCC2)Sc2ncccc21. The van der Waals surface area contributed by atoms with Crippen LogP contribution in [0.3, 0.4) is 0 Å². The molecule has 1 fully saturated rings. The lowest BCUT2D eigenvalue weighted by Gasteiger charge is -2.32. The fraction of sp³-hybridized carbons (Fsp3) is 0.533. The minimum atomic E-state index is -0.347. The highest BCUT2D eigenvalue weighted by Crippen LogP contribution is 2.38. The van der Waals surface area contributed by atoms with Crippen molar-refractivity contribution in [3.8, 4) is 0 Å². The van der Waals surface area contributed by atoms with Crippen LogP contribution in [0.15, 0.2) is 23.4 Å². The maximum atomic E-state index is 12.6. The Morgan fingerprint density at radius 2 is 2.19 bits per heavy atom. The standard InChI is InChI=1S/C15H19N3O2S/c1-2-18-11-6-5-7-16-14(11)21-12(15(18)20)10-13(19)17-8-3-4-9-17/h5-7,12H,2-4,8-10H2,1H3/t12-/m0/s1. The summed E-state index contributed by atoms with van der Waals surface area (Å²) in [7, 11) is 0. The molecule has 3 rings (SSSR count). The number of carbonyl (C=O) groups excluding carboxylic acids is 2. The maximum Gasteiger partial charge on any atom is 0.241 e. The van der Waals surface area contributed by atoms with E-state index in [1.165, 1.54) is 11.8 Å². The Morgan fingerprint density at radius 3 is 2.90 bits per heavy atom. The van der Waals surface area contributed by atoms with Crippen molar-refractivity contribution in [1.29, 1.82) is 0 Å². The number of amides is 2. The molecule has 21 heavy (non-hydrogen) atoms. The number of hydrogen-bond donors (Lipinski definition) is 0. The number of fused-ring (bicyclic) bond motifs is 1. The second kappa shape index (κ2) is 6.05. The van der Waals surface area contributed by atoms with Crippen molar-refractivity contribution in [1.82, 2.24) is 9.88 Å². The van der Waals surface area contributed by atoms with Gasteiger partial charge in [-0.1, -0.05) is 11.8 Å². The van der Waals surface area contributed by atoms with Gasteiger partial charge in [0.25, 0.3) is 0 Å². The lowest BCUT2D eigenvalue weighted by Crippen LogP contribution is -2.43. The average Bonchev–Trinajstić information content (AvgIpc) is 3.02. The van der Waals surface area contributed by atoms with Crippen molar-refractivity contribution >= 4 is 29.3 Å². The Labute approximate surface area is 128 Å². The fourth-order valence-electron chi connectivity index (χ4n) is 2.87. The molecular weight excluding hydrogens is 286 g/mol. The van der Waals surface area contributed by atoms with Gasteiger partial charge in [-0.2, -0.15) is 0 Å². The largest absolute Gasteiger partial charge is 0.343 e. The third-order valence-corrected chi connectivity index (χ3v) is 5.16. The quantitative estimate of drug-likeness (QED) is 0.856. The van der Waals surface area contributed by atoms with Crippen LogP contribution in [0.1, 0.15) is 26.2 Å². The number of nitrogens with zero attached hydrogens (tertiary/aromatic N) is 3. The van der Waals surface area contributed by atoms with Gasteiger partial charge in [0.15, 0.2) is 0 Å². The molecule has 1 aromatic rings. The van der Waals surface area contributed by atoms with Crippen LogP contribution in [-0.2, 0) is 9.59 Å². The molecule has 0 radical (unpaired) electrons. The van der Waals surface area contributed by atoms with Gasteiger partial charge in [-0.25, -0.2) is 4.98 Å². The van der Waals surface area contributed by atoms with Crippen LogP contribution < -0.4 is 4.90 Å². The molecule has 6 heteroatoms. The van der Waals surface area contributed by atoms with Gasteiger partial charge in [0.05, 0.1) is 10.9 Å². The zero-order chi connectivity index (χ0) is 14.8. The Morgan fingerprint density at radius 1 is 1.43 bits per heavy atom. The van der Waals surface area contributed by atoms with Crippen molar-refractivity contribution in [2.75, 3.05) is 24.5 Å². The first-order valence-corrected chi connectivity index (χ1v) is 8.29. The van der Waals surface area contributed by atoms with E-state index in [0.29, 0.717) is 6.54 Å². The number of likely N-dealkylation sites (tertiary alicyclic amines) is 1. The van der Waals surface area contributed by atoms with Gasteiger partial charge in [0.2, 0.25) is 11.8 Å². The summed E-state index contributed by atoms with van der Waals surface area (Å²) in [5.41, 5.74) is 0.861. The molecule has 1 atom stereocenters. The average molecular weight is 305 g/mol. The summed E-state index contributed by atoms with van der Waals surface area (Å²) in [6, 6.07) is 3.75. The molecule has 0 saturated carbocycles. The summed E-state index contributed by atoms with van der Waals surface area (Å²) in [4.78, 5) is 32.8. The van der Waals surface area contributed by atoms with Gasteiger partial charge >= 0.3 is 0 Å². The molecule has 0 N–H and O–H groups in total. The number of hydrogen-bond acceptors (Lipinski definition) is 4. The second-order valence-electron chi connectivity index (χ2n) is 5.31. The summed E-state index contributed by atoms with van der Waals surface area (Å²) < 4.78 is 0. The summed E-state index contributed by atoms with van der Waals surface area (Å²) in [5.74, 6) is 0.115. The topological polar surface area (TPSA) is 53.5 Å². The van der Waals surface area contributed by atoms with E-state index in [1.807, 2.05) is 24.0 Å². The Hall–Kier alpha value is -1.56. The molecule has 0 unspecified atom stereocenters. The maximum absolute atomic E-state index is 12.6. The minimum Gasteiger partial charge on any atom is -0.343 e. The van der Waals surface area contributed by atoms with Crippen LogP contribution in [0, 0.1) is 0 Å². The lowest BCUT2D eigenvalue weighted by molar-refractivity contribution is -0.132. The Bertz CT molecular complexity index is 558. The number of pyridine rings is 1. The Kier molecular flexibility index (Phi) is 4.14. The van der Waals surface area contributed by atoms with Crippen molar-refractivity contribution in [3.63, 3.8) is 0 Å². The summed E-state index contributed by atoms with van der Waals surface area (Å²) >= 11 is 1.42. The van der Waals surface area contributed by atoms with Crippen LogP contribution in [0.2, 0.25) is 0 Å². The van der Waals surface area contributed by atoms with E-state index in [-0.39, 0.29) is 23.5 Å². The minimum absolute atomic E-state index is 0.0237. The van der Waals surface area contributed by atoms with E-state index in [2.05, 4.69) is 4.98 Å². The van der Waals surface area contributed by atoms with Crippen LogP contribution in [-0.4, -0.2) is 46.6 Å². The molecule has 2 aliphatic rings. The van der Waals surface area contributed by atoms with Gasteiger partial charge in [-0.05, 0) is 31.9 Å². The first-order valence-electron chi connectivity index (χ1n) is 7.41. The molecule has 2 aliphatic heterocycles. The van der Waals surface area contributed by atoms with Crippen LogP contribution >= 0.6 is 11.8 Å². The summed E-state index contributed by atoms with van der Waals surface area (Å²) in [5, 5.41) is 0.499. The number of anilines is 1. The molecule has 112 valence electrons. The summed E-state index contributed by atoms with van der Waals surface area (Å²) in [6.07, 6.45) is 4.15. The number of carbonyl (C=O) groups is 2. The molecule has 0 aromatic carbocycles. The van der Waals surface area contributed by atoms with Crippen LogP contribution in [0.4, 0.5) is 5.69 Å². The molecule has 3 heterocycles. The highest BCUT2D eigenvalue weighted by molar-refractivity contribution is 8.00. The number of rotatable bonds is 3. The third-order valence-electron chi connectivity index (χ3n) is 3.97. The molecule has 5 nitrogen and oxygen atoms in total. The van der Waals surface area contributed by atoms with Gasteiger partial charge in [0, 0.05) is 32.3 Å². The van der Waals surface area contributed by atoms with Gasteiger partial charge in [-0.3, -0.25) is 9.59 Å². The van der Waals surface area contributed by atoms with E-state index in [9.17, 15) is 9.59 Å². The monoisotopic (exact) mass is 305 g/mol. The highest BCUT2D eigenvalue weighted by Gasteiger charge is 2.35. The smallest absolute Gasteiger partial charge is 0.241 e. The zero-order valence-electron chi connectivity index (χ0n) is 12.1. The molecule has 1 saturated heterocycles. The van der Waals surface area contributed by atoms with E-state index < -0.39 is 0 Å². The van der Waals surface area contributed by atoms with Gasteiger partial charge < -0.3 is 9.80 Å². The van der Waals surface area contributed by atoms with E-state index in [1.54, 1.807) is 11.1 Å². The number of aromatic nitrogens is 1. The molecule has 1 aromatic heterocycles. The van der Waals surface area contributed by atoms with Crippen molar-refractivity contribution in [3.05, 3.63) is 18.3 Å². The van der Waals surface area contributed by atoms with Crippen LogP contribution in [0.25, 0.3) is 0 Å². The molecule has 0 spiro atoms. The van der Waals surface area contributed by atoms with Crippen molar-refractivity contribution in [2.45, 2.75) is 36.5 Å². The third kappa shape index (κ3) is 2.77. The van der Waals surface area contributed by atoms with Crippen molar-refractivity contribution < 1.29 is 9.59 Å². The van der Waals surface area contributed by atoms with Crippen molar-refractivity contribution in [2.24, 2.45) is 0 Å². The van der Waals surface area contributed by atoms with Gasteiger partial charge in [0.1, 0.15) is 5.03 Å². The van der Waals surface area contributed by atoms with Crippen LogP contribution in [0.5, 0.6) is 0 Å².